The van der Waals surface area contributed by atoms with E-state index in [9.17, 15) is 0 Å². The minimum Gasteiger partial charge on any atom is -0.497 e. The summed E-state index contributed by atoms with van der Waals surface area (Å²) >= 11 is 0. The minimum atomic E-state index is 0.482. The Balaban J connectivity index is 1.60. The number of aryl methyl sites for hydroxylation is 1. The molecule has 1 saturated carbocycles. The maximum Gasteiger partial charge on any atom is 0.119 e. The quantitative estimate of drug-likeness (QED) is 0.909. The van der Waals surface area contributed by atoms with Crippen LogP contribution < -0.4 is 10.1 Å². The number of methoxy groups -OCH3 is 1. The van der Waals surface area contributed by atoms with Crippen LogP contribution in [0.3, 0.4) is 0 Å². The number of hydrogen-bond acceptors (Lipinski definition) is 2. The van der Waals surface area contributed by atoms with Crippen molar-refractivity contribution in [2.24, 2.45) is 16.7 Å². The van der Waals surface area contributed by atoms with Crippen LogP contribution in [0.25, 0.3) is 0 Å². The van der Waals surface area contributed by atoms with Crippen LogP contribution >= 0.6 is 0 Å². The molecule has 116 valence electrons. The lowest BCUT2D eigenvalue weighted by molar-refractivity contribution is 0.407. The summed E-state index contributed by atoms with van der Waals surface area (Å²) in [5.41, 5.74) is 3.93. The van der Waals surface area contributed by atoms with Crippen LogP contribution in [0.15, 0.2) is 18.2 Å². The van der Waals surface area contributed by atoms with Crippen molar-refractivity contribution in [3.63, 3.8) is 0 Å². The average Bonchev–Trinajstić information content (AvgIpc) is 2.85. The molecule has 0 aromatic heterocycles. The highest BCUT2D eigenvalue weighted by Gasteiger charge is 2.63. The Kier molecular flexibility index (Phi) is 3.56. The van der Waals surface area contributed by atoms with Crippen LogP contribution in [0.4, 0.5) is 0 Å². The van der Waals surface area contributed by atoms with E-state index in [0.717, 1.165) is 24.6 Å². The molecule has 2 nitrogen and oxygen atoms in total. The molecule has 1 aromatic carbocycles. The molecule has 0 amide bonds. The van der Waals surface area contributed by atoms with Crippen molar-refractivity contribution in [3.05, 3.63) is 29.3 Å². The van der Waals surface area contributed by atoms with E-state index in [1.165, 1.54) is 24.0 Å². The van der Waals surface area contributed by atoms with Crippen LogP contribution in [0.1, 0.15) is 45.2 Å². The van der Waals surface area contributed by atoms with Crippen molar-refractivity contribution in [3.8, 4) is 5.75 Å². The second-order valence-corrected chi connectivity index (χ2v) is 7.98. The number of fused-ring (bicyclic) bond motifs is 1. The van der Waals surface area contributed by atoms with Gasteiger partial charge in [-0.15, -0.1) is 0 Å². The molecule has 2 aliphatic rings. The third-order valence-corrected chi connectivity index (χ3v) is 6.57. The first-order valence-corrected chi connectivity index (χ1v) is 8.25. The first-order chi connectivity index (χ1) is 9.86. The number of benzene rings is 1. The van der Waals surface area contributed by atoms with Crippen molar-refractivity contribution in [2.45, 2.75) is 53.0 Å². The van der Waals surface area contributed by atoms with Gasteiger partial charge >= 0.3 is 0 Å². The van der Waals surface area contributed by atoms with Gasteiger partial charge in [0.2, 0.25) is 0 Å². The second-order valence-electron chi connectivity index (χ2n) is 7.98. The standard InChI is InChI=1S/C19H29NO/c1-18(2)17(19(18,3)4)12-20-15-8-6-13-7-9-16(21-5)11-14(13)10-15/h7,9,11,15,17,20H,6,8,10,12H2,1-5H3. The maximum atomic E-state index is 5.36. The Bertz CT molecular complexity index is 518. The van der Waals surface area contributed by atoms with Crippen molar-refractivity contribution in [1.82, 2.24) is 5.32 Å². The topological polar surface area (TPSA) is 21.3 Å². The largest absolute Gasteiger partial charge is 0.497 e. The highest BCUT2D eigenvalue weighted by molar-refractivity contribution is 5.37. The van der Waals surface area contributed by atoms with Crippen LogP contribution in [0, 0.1) is 16.7 Å². The van der Waals surface area contributed by atoms with E-state index in [4.69, 9.17) is 4.74 Å². The first-order valence-electron chi connectivity index (χ1n) is 8.25. The zero-order chi connectivity index (χ0) is 15.3. The highest BCUT2D eigenvalue weighted by Crippen LogP contribution is 2.67. The van der Waals surface area contributed by atoms with Gasteiger partial charge in [0, 0.05) is 6.04 Å². The third kappa shape index (κ3) is 2.48. The van der Waals surface area contributed by atoms with E-state index in [0.29, 0.717) is 16.9 Å². The summed E-state index contributed by atoms with van der Waals surface area (Å²) in [5.74, 6) is 1.79. The molecule has 0 bridgehead atoms. The Morgan fingerprint density at radius 1 is 1.14 bits per heavy atom. The maximum absolute atomic E-state index is 5.36. The van der Waals surface area contributed by atoms with Gasteiger partial charge in [0.15, 0.2) is 0 Å². The lowest BCUT2D eigenvalue weighted by Gasteiger charge is -2.26. The molecule has 21 heavy (non-hydrogen) atoms. The zero-order valence-electron chi connectivity index (χ0n) is 14.1. The number of hydrogen-bond donors (Lipinski definition) is 1. The predicted octanol–water partition coefficient (Wildman–Crippen LogP) is 3.82. The molecule has 3 rings (SSSR count). The second kappa shape index (κ2) is 5.01. The summed E-state index contributed by atoms with van der Waals surface area (Å²) in [7, 11) is 1.75. The van der Waals surface area contributed by atoms with Crippen molar-refractivity contribution < 1.29 is 4.74 Å². The fourth-order valence-corrected chi connectivity index (χ4v) is 4.16. The summed E-state index contributed by atoms with van der Waals surface area (Å²) in [6.45, 7) is 10.8. The van der Waals surface area contributed by atoms with Gasteiger partial charge < -0.3 is 10.1 Å². The van der Waals surface area contributed by atoms with Gasteiger partial charge in [-0.2, -0.15) is 0 Å². The first kappa shape index (κ1) is 14.9. The van der Waals surface area contributed by atoms with E-state index in [-0.39, 0.29) is 0 Å². The van der Waals surface area contributed by atoms with Crippen LogP contribution in [0.5, 0.6) is 5.75 Å². The molecule has 0 radical (unpaired) electrons. The van der Waals surface area contributed by atoms with Crippen molar-refractivity contribution >= 4 is 0 Å². The normalized spacial score (nSPS) is 26.2. The third-order valence-electron chi connectivity index (χ3n) is 6.57. The molecule has 1 atom stereocenters. The van der Waals surface area contributed by atoms with E-state index in [1.54, 1.807) is 7.11 Å². The van der Waals surface area contributed by atoms with E-state index < -0.39 is 0 Å². The zero-order valence-corrected chi connectivity index (χ0v) is 14.1. The van der Waals surface area contributed by atoms with Gasteiger partial charge in [-0.05, 0) is 65.8 Å². The number of ether oxygens (including phenoxy) is 1. The van der Waals surface area contributed by atoms with Crippen molar-refractivity contribution in [2.75, 3.05) is 13.7 Å². The fourth-order valence-electron chi connectivity index (χ4n) is 4.16. The summed E-state index contributed by atoms with van der Waals surface area (Å²) in [5, 5.41) is 3.83. The van der Waals surface area contributed by atoms with Crippen LogP contribution in [0.2, 0.25) is 0 Å². The summed E-state index contributed by atoms with van der Waals surface area (Å²) < 4.78 is 5.36. The highest BCUT2D eigenvalue weighted by atomic mass is 16.5. The lowest BCUT2D eigenvalue weighted by atomic mass is 9.88. The molecular formula is C19H29NO. The average molecular weight is 287 g/mol. The molecule has 2 heteroatoms. The molecule has 1 aromatic rings. The molecule has 2 aliphatic carbocycles. The van der Waals surface area contributed by atoms with Crippen LogP contribution in [-0.4, -0.2) is 19.7 Å². The van der Waals surface area contributed by atoms with Gasteiger partial charge in [0.05, 0.1) is 7.11 Å². The Hall–Kier alpha value is -1.02. The van der Waals surface area contributed by atoms with E-state index in [2.05, 4.69) is 51.2 Å². The van der Waals surface area contributed by atoms with E-state index >= 15 is 0 Å². The van der Waals surface area contributed by atoms with Gasteiger partial charge in [-0.3, -0.25) is 0 Å². The molecule has 1 unspecified atom stereocenters. The SMILES string of the molecule is COc1ccc2c(c1)CC(NCC1C(C)(C)C1(C)C)CC2. The monoisotopic (exact) mass is 287 g/mol. The molecule has 1 fully saturated rings. The smallest absolute Gasteiger partial charge is 0.119 e. The molecule has 0 heterocycles. The van der Waals surface area contributed by atoms with Gasteiger partial charge in [0.25, 0.3) is 0 Å². The number of rotatable bonds is 4. The summed E-state index contributed by atoms with van der Waals surface area (Å²) in [6, 6.07) is 7.16. The van der Waals surface area contributed by atoms with Gasteiger partial charge in [0.1, 0.15) is 5.75 Å². The summed E-state index contributed by atoms with van der Waals surface area (Å²) in [6.07, 6.45) is 3.58. The lowest BCUT2D eigenvalue weighted by Crippen LogP contribution is -2.36. The fraction of sp³-hybridized carbons (Fsp3) is 0.684. The molecule has 1 N–H and O–H groups in total. The molecule has 0 saturated heterocycles. The Morgan fingerprint density at radius 3 is 2.48 bits per heavy atom. The van der Waals surface area contributed by atoms with E-state index in [1.807, 2.05) is 0 Å². The van der Waals surface area contributed by atoms with Gasteiger partial charge in [-0.25, -0.2) is 0 Å². The molecular weight excluding hydrogens is 258 g/mol. The summed E-state index contributed by atoms with van der Waals surface area (Å²) in [4.78, 5) is 0. The molecule has 0 aliphatic heterocycles. The Labute approximate surface area is 129 Å². The number of nitrogens with one attached hydrogen (secondary N) is 1. The Morgan fingerprint density at radius 2 is 1.86 bits per heavy atom. The van der Waals surface area contributed by atoms with Crippen molar-refractivity contribution in [1.29, 1.82) is 0 Å². The molecule has 0 spiro atoms. The predicted molar refractivity (Wildman–Crippen MR) is 87.9 cm³/mol. The minimum absolute atomic E-state index is 0.482. The van der Waals surface area contributed by atoms with Crippen LogP contribution in [-0.2, 0) is 12.8 Å². The van der Waals surface area contributed by atoms with Gasteiger partial charge in [-0.1, -0.05) is 33.8 Å².